The van der Waals surface area contributed by atoms with Crippen molar-refractivity contribution in [2.75, 3.05) is 5.32 Å². The summed E-state index contributed by atoms with van der Waals surface area (Å²) in [6.07, 6.45) is 4.22. The predicted molar refractivity (Wildman–Crippen MR) is 115 cm³/mol. The predicted octanol–water partition coefficient (Wildman–Crippen LogP) is 6.31. The smallest absolute Gasteiger partial charge is 0.250 e. The average molecular weight is 397 g/mol. The Hall–Kier alpha value is -2.43. The van der Waals surface area contributed by atoms with Crippen molar-refractivity contribution < 1.29 is 4.79 Å². The maximum Gasteiger partial charge on any atom is 0.250 e. The molecule has 138 valence electrons. The first-order chi connectivity index (χ1) is 13.0. The second-order valence-corrected chi connectivity index (χ2v) is 7.94. The van der Waals surface area contributed by atoms with E-state index in [-0.39, 0.29) is 5.91 Å². The number of carbonyl (C=O) groups excluding carboxylic acids is 1. The van der Waals surface area contributed by atoms with Crippen LogP contribution < -0.4 is 5.32 Å². The Labute approximate surface area is 168 Å². The number of amides is 1. The number of aromatic nitrogens is 1. The molecule has 0 saturated carbocycles. The highest BCUT2D eigenvalue weighted by molar-refractivity contribution is 7.14. The number of carbonyl (C=O) groups is 1. The first kappa shape index (κ1) is 19.3. The van der Waals surface area contributed by atoms with Gasteiger partial charge >= 0.3 is 0 Å². The van der Waals surface area contributed by atoms with Gasteiger partial charge in [0.1, 0.15) is 0 Å². The number of halogens is 1. The third-order valence-corrected chi connectivity index (χ3v) is 5.05. The van der Waals surface area contributed by atoms with Gasteiger partial charge in [0.05, 0.1) is 5.69 Å². The minimum absolute atomic E-state index is 0.233. The molecule has 3 rings (SSSR count). The molecule has 3 nitrogen and oxygen atoms in total. The summed E-state index contributed by atoms with van der Waals surface area (Å²) in [7, 11) is 0. The number of rotatable bonds is 6. The van der Waals surface area contributed by atoms with Crippen LogP contribution in [0, 0.1) is 5.92 Å². The SMILES string of the molecule is CC(C)Cc1ccc(-c2csc(NC(=O)C=Cc3ccccc3Cl)n2)cc1. The van der Waals surface area contributed by atoms with E-state index in [9.17, 15) is 4.79 Å². The Morgan fingerprint density at radius 3 is 2.63 bits per heavy atom. The van der Waals surface area contributed by atoms with Gasteiger partial charge < -0.3 is 0 Å². The highest BCUT2D eigenvalue weighted by atomic mass is 35.5. The van der Waals surface area contributed by atoms with E-state index in [0.29, 0.717) is 16.1 Å². The van der Waals surface area contributed by atoms with Gasteiger partial charge in [-0.3, -0.25) is 10.1 Å². The van der Waals surface area contributed by atoms with Gasteiger partial charge in [0.15, 0.2) is 5.13 Å². The van der Waals surface area contributed by atoms with Gasteiger partial charge in [-0.15, -0.1) is 11.3 Å². The summed E-state index contributed by atoms with van der Waals surface area (Å²) < 4.78 is 0. The number of hydrogen-bond donors (Lipinski definition) is 1. The van der Waals surface area contributed by atoms with Crippen molar-refractivity contribution in [1.82, 2.24) is 4.98 Å². The Morgan fingerprint density at radius 2 is 1.93 bits per heavy atom. The highest BCUT2D eigenvalue weighted by Gasteiger charge is 2.07. The van der Waals surface area contributed by atoms with Gasteiger partial charge in [0.2, 0.25) is 5.91 Å². The summed E-state index contributed by atoms with van der Waals surface area (Å²) in [6.45, 7) is 4.42. The number of anilines is 1. The minimum atomic E-state index is -0.233. The van der Waals surface area contributed by atoms with Crippen LogP contribution >= 0.6 is 22.9 Å². The Bertz CT molecular complexity index is 945. The Morgan fingerprint density at radius 1 is 1.19 bits per heavy atom. The molecule has 0 spiro atoms. The highest BCUT2D eigenvalue weighted by Crippen LogP contribution is 2.25. The molecule has 27 heavy (non-hydrogen) atoms. The number of benzene rings is 2. The molecule has 1 amide bonds. The third-order valence-electron chi connectivity index (χ3n) is 3.95. The number of nitrogens with one attached hydrogen (secondary N) is 1. The number of nitrogens with zero attached hydrogens (tertiary/aromatic N) is 1. The van der Waals surface area contributed by atoms with Crippen LogP contribution in [0.2, 0.25) is 5.02 Å². The first-order valence-electron chi connectivity index (χ1n) is 8.79. The summed E-state index contributed by atoms with van der Waals surface area (Å²) >= 11 is 7.49. The topological polar surface area (TPSA) is 42.0 Å². The molecule has 1 N–H and O–H groups in total. The van der Waals surface area contributed by atoms with E-state index < -0.39 is 0 Å². The summed E-state index contributed by atoms with van der Waals surface area (Å²) in [5, 5.41) is 5.93. The first-order valence-corrected chi connectivity index (χ1v) is 10.1. The molecule has 0 bridgehead atoms. The number of hydrogen-bond acceptors (Lipinski definition) is 3. The number of thiazole rings is 1. The van der Waals surface area contributed by atoms with E-state index in [2.05, 4.69) is 48.4 Å². The summed E-state index contributed by atoms with van der Waals surface area (Å²) in [5.41, 5.74) is 4.03. The van der Waals surface area contributed by atoms with Crippen LogP contribution in [0.25, 0.3) is 17.3 Å². The van der Waals surface area contributed by atoms with Crippen molar-refractivity contribution in [3.05, 3.63) is 76.1 Å². The van der Waals surface area contributed by atoms with Crippen LogP contribution in [0.5, 0.6) is 0 Å². The van der Waals surface area contributed by atoms with Gasteiger partial charge in [0.25, 0.3) is 0 Å². The fourth-order valence-corrected chi connectivity index (χ4v) is 3.59. The minimum Gasteiger partial charge on any atom is -0.298 e. The summed E-state index contributed by atoms with van der Waals surface area (Å²) in [6, 6.07) is 15.8. The van der Waals surface area contributed by atoms with E-state index in [1.165, 1.54) is 23.0 Å². The molecule has 1 heterocycles. The second kappa shape index (κ2) is 8.98. The fourth-order valence-electron chi connectivity index (χ4n) is 2.67. The maximum absolute atomic E-state index is 12.1. The molecular formula is C22H21ClN2OS. The zero-order valence-electron chi connectivity index (χ0n) is 15.3. The lowest BCUT2D eigenvalue weighted by molar-refractivity contribution is -0.111. The van der Waals surface area contributed by atoms with Crippen LogP contribution in [-0.4, -0.2) is 10.9 Å². The van der Waals surface area contributed by atoms with Crippen molar-refractivity contribution in [2.45, 2.75) is 20.3 Å². The van der Waals surface area contributed by atoms with Crippen molar-refractivity contribution in [3.8, 4) is 11.3 Å². The zero-order valence-corrected chi connectivity index (χ0v) is 16.8. The van der Waals surface area contributed by atoms with Gasteiger partial charge in [0, 0.05) is 22.0 Å². The third kappa shape index (κ3) is 5.52. The van der Waals surface area contributed by atoms with E-state index in [1.54, 1.807) is 12.1 Å². The van der Waals surface area contributed by atoms with Crippen LogP contribution in [0.1, 0.15) is 25.0 Å². The Balaban J connectivity index is 1.63. The molecule has 0 radical (unpaired) electrons. The molecule has 0 unspecified atom stereocenters. The molecule has 2 aromatic carbocycles. The second-order valence-electron chi connectivity index (χ2n) is 6.68. The molecule has 0 fully saturated rings. The van der Waals surface area contributed by atoms with Gasteiger partial charge in [-0.2, -0.15) is 0 Å². The standard InChI is InChI=1S/C22H21ClN2OS/c1-15(2)13-16-7-9-18(10-8-16)20-14-27-22(24-20)25-21(26)12-11-17-5-3-4-6-19(17)23/h3-12,14-15H,13H2,1-2H3,(H,24,25,26). The lowest BCUT2D eigenvalue weighted by Gasteiger charge is -2.05. The van der Waals surface area contributed by atoms with Gasteiger partial charge in [-0.1, -0.05) is 67.9 Å². The molecule has 0 aliphatic rings. The van der Waals surface area contributed by atoms with E-state index >= 15 is 0 Å². The lowest BCUT2D eigenvalue weighted by Crippen LogP contribution is -2.07. The van der Waals surface area contributed by atoms with Crippen LogP contribution in [0.15, 0.2) is 60.0 Å². The van der Waals surface area contributed by atoms with Crippen molar-refractivity contribution in [2.24, 2.45) is 5.92 Å². The largest absolute Gasteiger partial charge is 0.298 e. The van der Waals surface area contributed by atoms with Crippen LogP contribution in [0.4, 0.5) is 5.13 Å². The molecule has 0 aliphatic heterocycles. The summed E-state index contributed by atoms with van der Waals surface area (Å²) in [4.78, 5) is 16.6. The molecule has 3 aromatic rings. The fraction of sp³-hybridized carbons (Fsp3) is 0.182. The van der Waals surface area contributed by atoms with Crippen molar-refractivity contribution >= 4 is 40.1 Å². The Kier molecular flexibility index (Phi) is 6.43. The maximum atomic E-state index is 12.1. The molecule has 1 aromatic heterocycles. The van der Waals surface area contributed by atoms with Crippen LogP contribution in [-0.2, 0) is 11.2 Å². The normalized spacial score (nSPS) is 11.3. The van der Waals surface area contributed by atoms with Crippen molar-refractivity contribution in [1.29, 1.82) is 0 Å². The van der Waals surface area contributed by atoms with E-state index in [1.807, 2.05) is 23.6 Å². The average Bonchev–Trinajstić information content (AvgIpc) is 3.09. The molecule has 5 heteroatoms. The van der Waals surface area contributed by atoms with Crippen LogP contribution in [0.3, 0.4) is 0 Å². The molecule has 0 atom stereocenters. The van der Waals surface area contributed by atoms with E-state index in [0.717, 1.165) is 23.2 Å². The molecule has 0 saturated heterocycles. The quantitative estimate of drug-likeness (QED) is 0.496. The molecular weight excluding hydrogens is 376 g/mol. The van der Waals surface area contributed by atoms with Crippen molar-refractivity contribution in [3.63, 3.8) is 0 Å². The van der Waals surface area contributed by atoms with E-state index in [4.69, 9.17) is 11.6 Å². The van der Waals surface area contributed by atoms with Gasteiger partial charge in [-0.05, 0) is 35.6 Å². The zero-order chi connectivity index (χ0) is 19.2. The summed E-state index contributed by atoms with van der Waals surface area (Å²) in [5.74, 6) is 0.402. The monoisotopic (exact) mass is 396 g/mol. The lowest BCUT2D eigenvalue weighted by atomic mass is 10.0. The molecule has 0 aliphatic carbocycles. The van der Waals surface area contributed by atoms with Gasteiger partial charge in [-0.25, -0.2) is 4.98 Å².